The van der Waals surface area contributed by atoms with Crippen LogP contribution in [0.1, 0.15) is 102 Å². The Morgan fingerprint density at radius 1 is 0.800 bits per heavy atom. The third-order valence-electron chi connectivity index (χ3n) is 7.28. The number of rotatable bonds is 4. The van der Waals surface area contributed by atoms with Crippen LogP contribution >= 0.6 is 18.5 Å². The summed E-state index contributed by atoms with van der Waals surface area (Å²) in [6.07, 6.45) is 8.82. The van der Waals surface area contributed by atoms with E-state index >= 15 is 0 Å². The molecule has 0 spiro atoms. The molecule has 2 heterocycles. The van der Waals surface area contributed by atoms with Crippen molar-refractivity contribution in [3.63, 3.8) is 0 Å². The van der Waals surface area contributed by atoms with E-state index in [0.29, 0.717) is 12.1 Å². The first-order valence-corrected chi connectivity index (χ1v) is 13.5. The summed E-state index contributed by atoms with van der Waals surface area (Å²) >= 11 is 0. The fourth-order valence-corrected chi connectivity index (χ4v) is 7.06. The molecule has 1 aromatic carbocycles. The molecule has 2 fully saturated rings. The number of hydrogen-bond acceptors (Lipinski definition) is 2. The maximum Gasteiger partial charge on any atom is 0.0408 e. The molecule has 4 heteroatoms. The Bertz CT molecular complexity index is 700. The van der Waals surface area contributed by atoms with E-state index in [1.807, 2.05) is 0 Å². The van der Waals surface area contributed by atoms with Gasteiger partial charge in [0.1, 0.15) is 0 Å². The van der Waals surface area contributed by atoms with Crippen LogP contribution in [0, 0.1) is 0 Å². The van der Waals surface area contributed by atoms with E-state index in [2.05, 4.69) is 82.8 Å². The minimum atomic E-state index is 0.0105. The molecule has 3 rings (SSSR count). The maximum absolute atomic E-state index is 3.98. The smallest absolute Gasteiger partial charge is 0.0408 e. The number of nitrogens with one attached hydrogen (secondary N) is 2. The fourth-order valence-electron chi connectivity index (χ4n) is 5.82. The van der Waals surface area contributed by atoms with Crippen molar-refractivity contribution in [2.75, 3.05) is 13.1 Å². The second kappa shape index (κ2) is 9.47. The fraction of sp³-hybridized carbons (Fsp3) is 0.769. The minimum absolute atomic E-state index is 0.0105. The van der Waals surface area contributed by atoms with Crippen LogP contribution in [0.25, 0.3) is 0 Å². The first-order valence-electron chi connectivity index (χ1n) is 12.1. The van der Waals surface area contributed by atoms with Crippen LogP contribution in [0.3, 0.4) is 0 Å². The highest BCUT2D eigenvalue weighted by molar-refractivity contribution is 7.18. The largest absolute Gasteiger partial charge is 0.313 e. The lowest BCUT2D eigenvalue weighted by atomic mass is 9.66. The quantitative estimate of drug-likeness (QED) is 0.551. The summed E-state index contributed by atoms with van der Waals surface area (Å²) in [6.45, 7) is 16.7. The van der Waals surface area contributed by atoms with E-state index in [4.69, 9.17) is 0 Å². The SMILES string of the molecule is CC(C)(C)c1ccc(CP)c(C(P)(C2CCCCN2)C2CCCCN2)c1C(C)(C)C. The van der Waals surface area contributed by atoms with Gasteiger partial charge in [0.05, 0.1) is 0 Å². The molecule has 0 bridgehead atoms. The summed E-state index contributed by atoms with van der Waals surface area (Å²) in [5.74, 6) is 0. The molecular weight excluding hydrogens is 402 g/mol. The van der Waals surface area contributed by atoms with Crippen LogP contribution < -0.4 is 10.6 Å². The van der Waals surface area contributed by atoms with Crippen molar-refractivity contribution in [1.82, 2.24) is 10.6 Å². The third-order valence-corrected chi connectivity index (χ3v) is 8.81. The monoisotopic (exact) mass is 448 g/mol. The Kier molecular flexibility index (Phi) is 7.78. The second-order valence-corrected chi connectivity index (χ2v) is 13.0. The molecule has 170 valence electrons. The summed E-state index contributed by atoms with van der Waals surface area (Å²) in [4.78, 5) is 0. The average molecular weight is 449 g/mol. The van der Waals surface area contributed by atoms with Crippen molar-refractivity contribution in [3.8, 4) is 0 Å². The lowest BCUT2D eigenvalue weighted by Gasteiger charge is -2.51. The molecule has 1 aromatic rings. The van der Waals surface area contributed by atoms with Crippen molar-refractivity contribution in [3.05, 3.63) is 34.4 Å². The number of hydrogen-bond donors (Lipinski definition) is 2. The van der Waals surface area contributed by atoms with Crippen LogP contribution in [0.5, 0.6) is 0 Å². The first kappa shape index (κ1) is 24.6. The maximum atomic E-state index is 3.98. The summed E-state index contributed by atoms with van der Waals surface area (Å²) in [5, 5.41) is 7.96. The van der Waals surface area contributed by atoms with E-state index in [9.17, 15) is 0 Å². The van der Waals surface area contributed by atoms with Gasteiger partial charge < -0.3 is 10.6 Å². The van der Waals surface area contributed by atoms with Gasteiger partial charge in [0, 0.05) is 17.2 Å². The zero-order valence-corrected chi connectivity index (χ0v) is 22.6. The van der Waals surface area contributed by atoms with E-state index in [-0.39, 0.29) is 16.0 Å². The molecule has 2 N–H and O–H groups in total. The summed E-state index contributed by atoms with van der Waals surface area (Å²) in [5.41, 5.74) is 6.45. The molecule has 2 aliphatic heterocycles. The molecule has 2 saturated heterocycles. The van der Waals surface area contributed by atoms with E-state index in [1.165, 1.54) is 49.7 Å². The number of piperidine rings is 2. The Hall–Kier alpha value is -0.0000000000000000555. The highest BCUT2D eigenvalue weighted by Crippen LogP contribution is 2.51. The number of benzene rings is 1. The molecule has 4 atom stereocenters. The highest BCUT2D eigenvalue weighted by Gasteiger charge is 2.48. The molecule has 0 aliphatic carbocycles. The third kappa shape index (κ3) is 4.83. The average Bonchev–Trinajstić information content (AvgIpc) is 2.72. The van der Waals surface area contributed by atoms with Crippen LogP contribution in [0.2, 0.25) is 0 Å². The van der Waals surface area contributed by atoms with Gasteiger partial charge in [-0.1, -0.05) is 66.5 Å². The van der Waals surface area contributed by atoms with Gasteiger partial charge in [-0.15, -0.1) is 18.5 Å². The van der Waals surface area contributed by atoms with E-state index in [0.717, 1.165) is 19.3 Å². The van der Waals surface area contributed by atoms with Crippen LogP contribution in [0.4, 0.5) is 0 Å². The van der Waals surface area contributed by atoms with Gasteiger partial charge >= 0.3 is 0 Å². The van der Waals surface area contributed by atoms with Gasteiger partial charge in [-0.3, -0.25) is 0 Å². The van der Waals surface area contributed by atoms with Gasteiger partial charge in [0.15, 0.2) is 0 Å². The van der Waals surface area contributed by atoms with Crippen molar-refractivity contribution >= 4 is 18.5 Å². The van der Waals surface area contributed by atoms with Gasteiger partial charge in [-0.25, -0.2) is 0 Å². The van der Waals surface area contributed by atoms with Gasteiger partial charge in [0.2, 0.25) is 0 Å². The molecule has 0 radical (unpaired) electrons. The van der Waals surface area contributed by atoms with Crippen molar-refractivity contribution in [1.29, 1.82) is 0 Å². The van der Waals surface area contributed by atoms with Gasteiger partial charge in [0.25, 0.3) is 0 Å². The van der Waals surface area contributed by atoms with E-state index < -0.39 is 0 Å². The molecule has 0 amide bonds. The standard InChI is InChI=1S/C26H46N2P2/c1-24(2,3)19-14-13-18(17-29)22(23(19)25(4,5)6)26(30,20-11-7-9-15-27-20)21-12-8-10-16-28-21/h13-14,20-21,27-28H,7-12,15-17,29-30H2,1-6H3. The summed E-state index contributed by atoms with van der Waals surface area (Å²) in [6, 6.07) is 5.86. The Labute approximate surface area is 190 Å². The minimum Gasteiger partial charge on any atom is -0.313 e. The van der Waals surface area contributed by atoms with Crippen molar-refractivity contribution in [2.24, 2.45) is 0 Å². The molecule has 0 aromatic heterocycles. The zero-order valence-electron chi connectivity index (χ0n) is 20.3. The lowest BCUT2D eigenvalue weighted by Crippen LogP contribution is -2.59. The Balaban J connectivity index is 2.33. The molecule has 4 unspecified atom stereocenters. The molecule has 30 heavy (non-hydrogen) atoms. The zero-order chi connectivity index (χ0) is 22.2. The second-order valence-electron chi connectivity index (χ2n) is 11.7. The van der Waals surface area contributed by atoms with Gasteiger partial charge in [-0.2, -0.15) is 0 Å². The van der Waals surface area contributed by atoms with Crippen LogP contribution in [-0.4, -0.2) is 25.2 Å². The topological polar surface area (TPSA) is 24.1 Å². The summed E-state index contributed by atoms with van der Waals surface area (Å²) in [7, 11) is 6.47. The predicted octanol–water partition coefficient (Wildman–Crippen LogP) is 6.01. The Morgan fingerprint density at radius 2 is 1.33 bits per heavy atom. The molecule has 2 aliphatic rings. The van der Waals surface area contributed by atoms with Crippen molar-refractivity contribution in [2.45, 2.75) is 114 Å². The predicted molar refractivity (Wildman–Crippen MR) is 140 cm³/mol. The first-order chi connectivity index (χ1) is 14.0. The molecular formula is C26H46N2P2. The Morgan fingerprint density at radius 3 is 1.70 bits per heavy atom. The van der Waals surface area contributed by atoms with Crippen molar-refractivity contribution < 1.29 is 0 Å². The summed E-state index contributed by atoms with van der Waals surface area (Å²) < 4.78 is 0. The van der Waals surface area contributed by atoms with Crippen LogP contribution in [-0.2, 0) is 22.1 Å². The van der Waals surface area contributed by atoms with Gasteiger partial charge in [-0.05, 0) is 78.0 Å². The van der Waals surface area contributed by atoms with Crippen LogP contribution in [0.15, 0.2) is 12.1 Å². The molecule has 0 saturated carbocycles. The molecule has 2 nitrogen and oxygen atoms in total. The highest BCUT2D eigenvalue weighted by atomic mass is 31.0. The normalized spacial score (nSPS) is 25.7. The van der Waals surface area contributed by atoms with E-state index in [1.54, 1.807) is 11.1 Å². The lowest BCUT2D eigenvalue weighted by molar-refractivity contribution is 0.235.